The predicted octanol–water partition coefficient (Wildman–Crippen LogP) is 7.07. The molecule has 0 bridgehead atoms. The zero-order valence-corrected chi connectivity index (χ0v) is 14.8. The summed E-state index contributed by atoms with van der Waals surface area (Å²) in [6.07, 6.45) is 0. The minimum Gasteiger partial charge on any atom is -0.0878 e. The Morgan fingerprint density at radius 2 is 0.909 bits per heavy atom. The largest absolute Gasteiger partial charge is 0.0878 e. The van der Waals surface area contributed by atoms with Gasteiger partial charge in [-0.2, -0.15) is 0 Å². The molecule has 2 aliphatic heterocycles. The van der Waals surface area contributed by atoms with E-state index >= 15 is 0 Å². The summed E-state index contributed by atoms with van der Waals surface area (Å²) in [7, 11) is 0. The van der Waals surface area contributed by atoms with Gasteiger partial charge in [-0.05, 0) is 21.9 Å². The van der Waals surface area contributed by atoms with Crippen LogP contribution in [0, 0.1) is 0 Å². The smallest absolute Gasteiger partial charge is 0.0700 e. The third-order valence-electron chi connectivity index (χ3n) is 3.23. The minimum absolute atomic E-state index is 1.31. The summed E-state index contributed by atoms with van der Waals surface area (Å²) in [5.74, 6) is 0. The van der Waals surface area contributed by atoms with E-state index in [0.717, 1.165) is 0 Å². The molecule has 0 aromatic heterocycles. The van der Waals surface area contributed by atoms with Crippen LogP contribution in [0.3, 0.4) is 0 Å². The third-order valence-corrected chi connectivity index (χ3v) is 8.60. The Morgan fingerprint density at radius 3 is 1.32 bits per heavy atom. The molecule has 2 aliphatic rings. The first kappa shape index (κ1) is 14.6. The normalized spacial score (nSPS) is 20.9. The first-order chi connectivity index (χ1) is 10.9. The maximum atomic E-state index is 2.27. The van der Waals surface area contributed by atoms with Crippen LogP contribution in [0.4, 0.5) is 0 Å². The first-order valence-corrected chi connectivity index (χ1v) is 10.2. The van der Waals surface area contributed by atoms with Crippen molar-refractivity contribution in [2.75, 3.05) is 0 Å². The number of rotatable bonds is 2. The molecule has 2 heterocycles. The van der Waals surface area contributed by atoms with Crippen molar-refractivity contribution in [2.45, 2.75) is 0 Å². The van der Waals surface area contributed by atoms with Crippen molar-refractivity contribution in [3.63, 3.8) is 0 Å². The number of benzene rings is 2. The van der Waals surface area contributed by atoms with Gasteiger partial charge in [-0.3, -0.25) is 0 Å². The van der Waals surface area contributed by atoms with Crippen LogP contribution in [0.15, 0.2) is 80.0 Å². The fourth-order valence-corrected chi connectivity index (χ4v) is 7.08. The SMILES string of the molecule is C1=C(c2ccccc2)S/C(=C2/SC=C(c3ccccc3)S2)S1. The molecule has 0 atom stereocenters. The van der Waals surface area contributed by atoms with Crippen molar-refractivity contribution in [3.05, 3.63) is 91.1 Å². The Kier molecular flexibility index (Phi) is 4.44. The highest BCUT2D eigenvalue weighted by Crippen LogP contribution is 2.58. The molecule has 2 aromatic carbocycles. The number of hydrogen-bond acceptors (Lipinski definition) is 4. The molecule has 108 valence electrons. The Balaban J connectivity index is 1.50. The van der Waals surface area contributed by atoms with Gasteiger partial charge < -0.3 is 0 Å². The van der Waals surface area contributed by atoms with Gasteiger partial charge in [0, 0.05) is 9.81 Å². The van der Waals surface area contributed by atoms with Crippen molar-refractivity contribution in [1.29, 1.82) is 0 Å². The minimum atomic E-state index is 1.31. The van der Waals surface area contributed by atoms with Crippen molar-refractivity contribution in [2.24, 2.45) is 0 Å². The van der Waals surface area contributed by atoms with Crippen LogP contribution in [0.2, 0.25) is 0 Å². The molecule has 22 heavy (non-hydrogen) atoms. The third kappa shape index (κ3) is 3.06. The van der Waals surface area contributed by atoms with Crippen molar-refractivity contribution < 1.29 is 0 Å². The monoisotopic (exact) mass is 356 g/mol. The van der Waals surface area contributed by atoms with Gasteiger partial charge >= 0.3 is 0 Å². The molecule has 0 aliphatic carbocycles. The number of thioether (sulfide) groups is 4. The summed E-state index contributed by atoms with van der Waals surface area (Å²) >= 11 is 7.46. The molecule has 0 unspecified atom stereocenters. The molecule has 0 radical (unpaired) electrons. The van der Waals surface area contributed by atoms with Gasteiger partial charge in [-0.15, -0.1) is 0 Å². The summed E-state index contributed by atoms with van der Waals surface area (Å²) in [6.45, 7) is 0. The zero-order valence-electron chi connectivity index (χ0n) is 11.6. The van der Waals surface area contributed by atoms with E-state index in [4.69, 9.17) is 0 Å². The average Bonchev–Trinajstić information content (AvgIpc) is 3.26. The van der Waals surface area contributed by atoms with Gasteiger partial charge in [0.2, 0.25) is 0 Å². The fraction of sp³-hybridized carbons (Fsp3) is 0. The fourth-order valence-electron chi connectivity index (χ4n) is 2.15. The van der Waals surface area contributed by atoms with Crippen LogP contribution < -0.4 is 0 Å². The van der Waals surface area contributed by atoms with E-state index in [2.05, 4.69) is 71.5 Å². The van der Waals surface area contributed by atoms with Crippen LogP contribution >= 0.6 is 47.0 Å². The first-order valence-electron chi connectivity index (χ1n) is 6.84. The summed E-state index contributed by atoms with van der Waals surface area (Å²) in [5, 5.41) is 4.54. The van der Waals surface area contributed by atoms with Crippen LogP contribution in [0.25, 0.3) is 9.81 Å². The lowest BCUT2D eigenvalue weighted by atomic mass is 10.2. The van der Waals surface area contributed by atoms with E-state index in [1.165, 1.54) is 29.4 Å². The molecule has 0 amide bonds. The lowest BCUT2D eigenvalue weighted by molar-refractivity contribution is 1.66. The predicted molar refractivity (Wildman–Crippen MR) is 106 cm³/mol. The summed E-state index contributed by atoms with van der Waals surface area (Å²) in [6, 6.07) is 21.2. The van der Waals surface area contributed by atoms with Gasteiger partial charge in [0.25, 0.3) is 0 Å². The van der Waals surface area contributed by atoms with Gasteiger partial charge in [-0.1, -0.05) is 108 Å². The van der Waals surface area contributed by atoms with Crippen molar-refractivity contribution in [3.8, 4) is 0 Å². The molecular formula is C18H12S4. The topological polar surface area (TPSA) is 0 Å². The van der Waals surface area contributed by atoms with E-state index < -0.39 is 0 Å². The van der Waals surface area contributed by atoms with Crippen molar-refractivity contribution >= 4 is 56.9 Å². The molecule has 4 heteroatoms. The van der Waals surface area contributed by atoms with Gasteiger partial charge in [0.05, 0.1) is 8.47 Å². The molecule has 4 rings (SSSR count). The highest BCUT2D eigenvalue weighted by Gasteiger charge is 2.22. The van der Waals surface area contributed by atoms with E-state index in [-0.39, 0.29) is 0 Å². The highest BCUT2D eigenvalue weighted by molar-refractivity contribution is 8.36. The molecular weight excluding hydrogens is 344 g/mol. The Labute approximate surface area is 147 Å². The van der Waals surface area contributed by atoms with E-state index in [9.17, 15) is 0 Å². The second-order valence-electron chi connectivity index (χ2n) is 4.71. The van der Waals surface area contributed by atoms with Crippen LogP contribution in [0.1, 0.15) is 11.1 Å². The zero-order chi connectivity index (χ0) is 14.8. The van der Waals surface area contributed by atoms with Gasteiger partial charge in [-0.25, -0.2) is 0 Å². The maximum absolute atomic E-state index is 2.27. The molecule has 0 nitrogen and oxygen atoms in total. The lowest BCUT2D eigenvalue weighted by Gasteiger charge is -2.04. The maximum Gasteiger partial charge on any atom is 0.0700 e. The summed E-state index contributed by atoms with van der Waals surface area (Å²) in [4.78, 5) is 2.70. The molecule has 0 fully saturated rings. The van der Waals surface area contributed by atoms with E-state index in [0.29, 0.717) is 0 Å². The van der Waals surface area contributed by atoms with Crippen LogP contribution in [-0.2, 0) is 0 Å². The molecule has 0 N–H and O–H groups in total. The second kappa shape index (κ2) is 6.67. The van der Waals surface area contributed by atoms with Crippen LogP contribution in [-0.4, -0.2) is 0 Å². The van der Waals surface area contributed by atoms with Gasteiger partial charge in [0.15, 0.2) is 0 Å². The van der Waals surface area contributed by atoms with Crippen LogP contribution in [0.5, 0.6) is 0 Å². The highest BCUT2D eigenvalue weighted by atomic mass is 32.2. The summed E-state index contributed by atoms with van der Waals surface area (Å²) < 4.78 is 2.80. The Morgan fingerprint density at radius 1 is 0.500 bits per heavy atom. The van der Waals surface area contributed by atoms with Crippen molar-refractivity contribution in [1.82, 2.24) is 0 Å². The average molecular weight is 357 g/mol. The van der Waals surface area contributed by atoms with Gasteiger partial charge in [0.1, 0.15) is 0 Å². The van der Waals surface area contributed by atoms with E-state index in [1.54, 1.807) is 0 Å². The Bertz CT molecular complexity index is 706. The summed E-state index contributed by atoms with van der Waals surface area (Å²) in [5.41, 5.74) is 2.61. The molecule has 2 aromatic rings. The molecule has 0 spiro atoms. The molecule has 0 saturated carbocycles. The Hall–Kier alpha value is -0.940. The second-order valence-corrected chi connectivity index (χ2v) is 9.09. The lowest BCUT2D eigenvalue weighted by Crippen LogP contribution is -1.76. The standard InChI is InChI=1S/C18H12S4/c1-3-7-13(8-4-1)15-11-19-17(21-15)18-20-12-16(22-18)14-9-5-2-6-10-14/h1-12H/b18-17-. The van der Waals surface area contributed by atoms with E-state index in [1.807, 2.05) is 47.0 Å². The molecule has 0 saturated heterocycles. The number of hydrogen-bond donors (Lipinski definition) is 0. The quantitative estimate of drug-likeness (QED) is 0.564.